The van der Waals surface area contributed by atoms with Crippen molar-refractivity contribution < 1.29 is 9.47 Å². The second-order valence-corrected chi connectivity index (χ2v) is 7.22. The van der Waals surface area contributed by atoms with Crippen LogP contribution in [0.2, 0.25) is 10.0 Å². The number of halogens is 2. The molecule has 3 atom stereocenters. The van der Waals surface area contributed by atoms with Gasteiger partial charge in [-0.2, -0.15) is 0 Å². The van der Waals surface area contributed by atoms with Gasteiger partial charge in [-0.25, -0.2) is 0 Å². The van der Waals surface area contributed by atoms with E-state index < -0.39 is 0 Å². The Kier molecular flexibility index (Phi) is 4.30. The molecule has 2 aliphatic rings. The Hall–Kier alpha value is -1.84. The van der Waals surface area contributed by atoms with Crippen molar-refractivity contribution in [3.8, 4) is 11.5 Å². The maximum absolute atomic E-state index is 6.49. The van der Waals surface area contributed by atoms with Gasteiger partial charge in [0.05, 0.1) is 31.0 Å². The number of hydrogen-bond acceptors (Lipinski definition) is 3. The van der Waals surface area contributed by atoms with Gasteiger partial charge in [0.2, 0.25) is 0 Å². The number of ether oxygens (including phenoxy) is 2. The van der Waals surface area contributed by atoms with Crippen molar-refractivity contribution in [2.45, 2.75) is 18.4 Å². The summed E-state index contributed by atoms with van der Waals surface area (Å²) in [6.45, 7) is 0. The number of methoxy groups -OCH3 is 2. The topological polar surface area (TPSA) is 30.5 Å². The van der Waals surface area contributed by atoms with E-state index in [9.17, 15) is 0 Å². The van der Waals surface area contributed by atoms with Gasteiger partial charge >= 0.3 is 0 Å². The Bertz CT molecular complexity index is 850. The van der Waals surface area contributed by atoms with Crippen LogP contribution in [0.15, 0.2) is 42.5 Å². The average molecular weight is 376 g/mol. The number of fused-ring (bicyclic) bond motifs is 3. The van der Waals surface area contributed by atoms with Gasteiger partial charge in [0.1, 0.15) is 0 Å². The monoisotopic (exact) mass is 375 g/mol. The Labute approximate surface area is 157 Å². The number of anilines is 1. The first kappa shape index (κ1) is 16.6. The molecule has 2 aromatic carbocycles. The quantitative estimate of drug-likeness (QED) is 0.683. The van der Waals surface area contributed by atoms with E-state index in [1.165, 1.54) is 0 Å². The number of rotatable bonds is 3. The summed E-state index contributed by atoms with van der Waals surface area (Å²) in [6.07, 6.45) is 5.48. The summed E-state index contributed by atoms with van der Waals surface area (Å²) >= 11 is 13.0. The Morgan fingerprint density at radius 3 is 2.52 bits per heavy atom. The zero-order chi connectivity index (χ0) is 17.6. The van der Waals surface area contributed by atoms with Gasteiger partial charge in [0, 0.05) is 16.5 Å². The summed E-state index contributed by atoms with van der Waals surface area (Å²) in [7, 11) is 3.30. The zero-order valence-electron chi connectivity index (χ0n) is 14.1. The molecule has 0 aromatic heterocycles. The van der Waals surface area contributed by atoms with Crippen LogP contribution in [-0.2, 0) is 0 Å². The second kappa shape index (κ2) is 6.47. The molecule has 1 aliphatic heterocycles. The minimum Gasteiger partial charge on any atom is -0.493 e. The lowest BCUT2D eigenvalue weighted by atomic mass is 9.77. The molecule has 0 spiro atoms. The summed E-state index contributed by atoms with van der Waals surface area (Å²) in [5.74, 6) is 2.11. The van der Waals surface area contributed by atoms with Crippen molar-refractivity contribution in [3.63, 3.8) is 0 Å². The second-order valence-electron chi connectivity index (χ2n) is 6.41. The molecule has 0 saturated carbocycles. The average Bonchev–Trinajstić information content (AvgIpc) is 3.13. The van der Waals surface area contributed by atoms with E-state index in [4.69, 9.17) is 32.7 Å². The first-order valence-electron chi connectivity index (χ1n) is 8.27. The molecular weight excluding hydrogens is 357 g/mol. The van der Waals surface area contributed by atoms with E-state index >= 15 is 0 Å². The van der Waals surface area contributed by atoms with Crippen LogP contribution in [0.1, 0.15) is 29.5 Å². The van der Waals surface area contributed by atoms with Crippen molar-refractivity contribution >= 4 is 28.9 Å². The van der Waals surface area contributed by atoms with E-state index in [1.807, 2.05) is 24.3 Å². The van der Waals surface area contributed by atoms with Crippen molar-refractivity contribution in [2.75, 3.05) is 19.5 Å². The summed E-state index contributed by atoms with van der Waals surface area (Å²) in [6, 6.07) is 9.92. The van der Waals surface area contributed by atoms with Crippen LogP contribution in [0.25, 0.3) is 0 Å². The normalized spacial score (nSPS) is 23.6. The van der Waals surface area contributed by atoms with E-state index in [-0.39, 0.29) is 12.0 Å². The van der Waals surface area contributed by atoms with Crippen molar-refractivity contribution in [1.82, 2.24) is 0 Å². The lowest BCUT2D eigenvalue weighted by Gasteiger charge is -2.38. The number of benzene rings is 2. The maximum Gasteiger partial charge on any atom is 0.161 e. The summed E-state index contributed by atoms with van der Waals surface area (Å²) in [4.78, 5) is 0. The molecule has 0 bridgehead atoms. The highest BCUT2D eigenvalue weighted by molar-refractivity contribution is 6.36. The molecular formula is C20H19Cl2NO2. The fourth-order valence-electron chi connectivity index (χ4n) is 4.00. The molecule has 1 aliphatic carbocycles. The maximum atomic E-state index is 6.49. The smallest absolute Gasteiger partial charge is 0.161 e. The van der Waals surface area contributed by atoms with Crippen molar-refractivity contribution in [1.29, 1.82) is 0 Å². The highest BCUT2D eigenvalue weighted by atomic mass is 35.5. The first-order valence-corrected chi connectivity index (χ1v) is 9.02. The van der Waals surface area contributed by atoms with E-state index in [1.54, 1.807) is 14.2 Å². The lowest BCUT2D eigenvalue weighted by Crippen LogP contribution is -2.29. The highest BCUT2D eigenvalue weighted by Gasteiger charge is 2.40. The van der Waals surface area contributed by atoms with Crippen LogP contribution in [0.4, 0.5) is 5.69 Å². The van der Waals surface area contributed by atoms with Crippen LogP contribution < -0.4 is 14.8 Å². The van der Waals surface area contributed by atoms with Gasteiger partial charge < -0.3 is 14.8 Å². The lowest BCUT2D eigenvalue weighted by molar-refractivity contribution is 0.353. The first-order chi connectivity index (χ1) is 12.1. The third-order valence-electron chi connectivity index (χ3n) is 5.18. The molecule has 3 unspecified atom stereocenters. The van der Waals surface area contributed by atoms with E-state index in [2.05, 4.69) is 23.5 Å². The zero-order valence-corrected chi connectivity index (χ0v) is 15.6. The number of allylic oxidation sites excluding steroid dienone is 2. The van der Waals surface area contributed by atoms with Gasteiger partial charge in [-0.3, -0.25) is 0 Å². The fourth-order valence-corrected chi connectivity index (χ4v) is 4.51. The predicted molar refractivity (Wildman–Crippen MR) is 102 cm³/mol. The molecule has 2 aromatic rings. The van der Waals surface area contributed by atoms with Crippen LogP contribution in [0.3, 0.4) is 0 Å². The molecule has 0 saturated heterocycles. The van der Waals surface area contributed by atoms with Crippen molar-refractivity contribution in [3.05, 3.63) is 63.7 Å². The fraction of sp³-hybridized carbons (Fsp3) is 0.300. The summed E-state index contributed by atoms with van der Waals surface area (Å²) in [5, 5.41) is 5.09. The molecule has 0 fully saturated rings. The van der Waals surface area contributed by atoms with Gasteiger partial charge in [0.25, 0.3) is 0 Å². The van der Waals surface area contributed by atoms with Gasteiger partial charge in [0.15, 0.2) is 11.5 Å². The molecule has 130 valence electrons. The molecule has 3 nitrogen and oxygen atoms in total. The Morgan fingerprint density at radius 1 is 1.00 bits per heavy atom. The molecule has 0 amide bonds. The van der Waals surface area contributed by atoms with E-state index in [0.717, 1.165) is 39.8 Å². The molecule has 0 radical (unpaired) electrons. The van der Waals surface area contributed by atoms with Crippen LogP contribution in [0, 0.1) is 5.92 Å². The minimum atomic E-state index is 0.128. The predicted octanol–water partition coefficient (Wildman–Crippen LogP) is 5.84. The number of nitrogens with one attached hydrogen (secondary N) is 1. The van der Waals surface area contributed by atoms with Gasteiger partial charge in [-0.15, -0.1) is 0 Å². The molecule has 25 heavy (non-hydrogen) atoms. The summed E-state index contributed by atoms with van der Waals surface area (Å²) in [5.41, 5.74) is 3.18. The third kappa shape index (κ3) is 2.66. The SMILES string of the molecule is COc1ccc(C2Nc3c(Cl)ccc(Cl)c3C3C=CCC32)cc1OC. The largest absolute Gasteiger partial charge is 0.493 e. The van der Waals surface area contributed by atoms with Crippen LogP contribution >= 0.6 is 23.2 Å². The molecule has 1 N–H and O–H groups in total. The molecule has 4 rings (SSSR count). The van der Waals surface area contributed by atoms with Crippen LogP contribution in [-0.4, -0.2) is 14.2 Å². The number of hydrogen-bond donors (Lipinski definition) is 1. The van der Waals surface area contributed by atoms with Gasteiger partial charge in [-0.1, -0.05) is 41.4 Å². The van der Waals surface area contributed by atoms with Crippen molar-refractivity contribution in [2.24, 2.45) is 5.92 Å². The van der Waals surface area contributed by atoms with Crippen LogP contribution in [0.5, 0.6) is 11.5 Å². The highest BCUT2D eigenvalue weighted by Crippen LogP contribution is 2.54. The minimum absolute atomic E-state index is 0.128. The Morgan fingerprint density at radius 2 is 1.76 bits per heavy atom. The molecule has 5 heteroatoms. The summed E-state index contributed by atoms with van der Waals surface area (Å²) < 4.78 is 10.8. The van der Waals surface area contributed by atoms with E-state index in [0.29, 0.717) is 10.9 Å². The Balaban J connectivity index is 1.81. The molecule has 1 heterocycles. The standard InChI is InChI=1S/C20H19Cl2NO2/c1-24-16-9-6-11(10-17(16)25-2)19-13-5-3-4-12(13)18-14(21)7-8-15(22)20(18)23-19/h3-4,6-10,12-13,19,23H,5H2,1-2H3. The van der Waals surface area contributed by atoms with Gasteiger partial charge in [-0.05, 0) is 42.2 Å². The third-order valence-corrected chi connectivity index (χ3v) is 5.83.